The Kier molecular flexibility index (Phi) is 3.79. The van der Waals surface area contributed by atoms with E-state index < -0.39 is 0 Å². The third-order valence-electron chi connectivity index (χ3n) is 5.09. The minimum atomic E-state index is -0.132. The SMILES string of the molecule is COc1cc2c(cc1OC)C1(CCCCC1)N(C=O)CC2. The Hall–Kier alpha value is -1.71. The van der Waals surface area contributed by atoms with E-state index in [1.54, 1.807) is 14.2 Å². The second kappa shape index (κ2) is 5.58. The summed E-state index contributed by atoms with van der Waals surface area (Å²) in [6, 6.07) is 4.18. The Morgan fingerprint density at radius 2 is 1.76 bits per heavy atom. The first-order chi connectivity index (χ1) is 10.2. The van der Waals surface area contributed by atoms with Crippen molar-refractivity contribution in [2.75, 3.05) is 20.8 Å². The molecule has 114 valence electrons. The minimum absolute atomic E-state index is 0.132. The number of carbonyl (C=O) groups excluding carboxylic acids is 1. The Labute approximate surface area is 126 Å². The van der Waals surface area contributed by atoms with Crippen molar-refractivity contribution in [1.29, 1.82) is 0 Å². The summed E-state index contributed by atoms with van der Waals surface area (Å²) in [5, 5.41) is 0. The van der Waals surface area contributed by atoms with Gasteiger partial charge >= 0.3 is 0 Å². The van der Waals surface area contributed by atoms with Crippen LogP contribution in [0.1, 0.15) is 43.2 Å². The highest BCUT2D eigenvalue weighted by Gasteiger charge is 2.43. The van der Waals surface area contributed by atoms with Gasteiger partial charge in [0.2, 0.25) is 6.41 Å². The summed E-state index contributed by atoms with van der Waals surface area (Å²) >= 11 is 0. The summed E-state index contributed by atoms with van der Waals surface area (Å²) in [7, 11) is 3.33. The van der Waals surface area contributed by atoms with E-state index in [1.807, 2.05) is 4.90 Å². The smallest absolute Gasteiger partial charge is 0.210 e. The van der Waals surface area contributed by atoms with Gasteiger partial charge in [0.25, 0.3) is 0 Å². The molecule has 0 saturated heterocycles. The summed E-state index contributed by atoms with van der Waals surface area (Å²) < 4.78 is 10.9. The molecule has 1 aromatic carbocycles. The van der Waals surface area contributed by atoms with Crippen LogP contribution in [0.15, 0.2) is 12.1 Å². The molecule has 1 spiro atoms. The fraction of sp³-hybridized carbons (Fsp3) is 0.588. The third kappa shape index (κ3) is 2.17. The topological polar surface area (TPSA) is 38.8 Å². The van der Waals surface area contributed by atoms with Crippen molar-refractivity contribution in [3.05, 3.63) is 23.3 Å². The van der Waals surface area contributed by atoms with Crippen LogP contribution in [0, 0.1) is 0 Å². The monoisotopic (exact) mass is 289 g/mol. The summed E-state index contributed by atoms with van der Waals surface area (Å²) in [6.07, 6.45) is 7.64. The summed E-state index contributed by atoms with van der Waals surface area (Å²) in [5.41, 5.74) is 2.43. The summed E-state index contributed by atoms with van der Waals surface area (Å²) in [5.74, 6) is 1.54. The largest absolute Gasteiger partial charge is 0.493 e. The highest BCUT2D eigenvalue weighted by atomic mass is 16.5. The quantitative estimate of drug-likeness (QED) is 0.803. The van der Waals surface area contributed by atoms with E-state index >= 15 is 0 Å². The number of hydrogen-bond acceptors (Lipinski definition) is 3. The van der Waals surface area contributed by atoms with E-state index in [9.17, 15) is 4.79 Å². The highest BCUT2D eigenvalue weighted by molar-refractivity contribution is 5.57. The molecule has 4 nitrogen and oxygen atoms in total. The molecule has 0 radical (unpaired) electrons. The fourth-order valence-corrected chi connectivity index (χ4v) is 4.02. The molecule has 21 heavy (non-hydrogen) atoms. The van der Waals surface area contributed by atoms with Gasteiger partial charge in [-0.25, -0.2) is 0 Å². The van der Waals surface area contributed by atoms with Gasteiger partial charge in [0.15, 0.2) is 11.5 Å². The van der Waals surface area contributed by atoms with Gasteiger partial charge in [-0.2, -0.15) is 0 Å². The van der Waals surface area contributed by atoms with Gasteiger partial charge in [-0.3, -0.25) is 4.79 Å². The molecule has 0 N–H and O–H groups in total. The van der Waals surface area contributed by atoms with Crippen LogP contribution in [-0.4, -0.2) is 32.1 Å². The van der Waals surface area contributed by atoms with Crippen LogP contribution in [-0.2, 0) is 16.8 Å². The second-order valence-corrected chi connectivity index (χ2v) is 6.01. The van der Waals surface area contributed by atoms with Crippen LogP contribution < -0.4 is 9.47 Å². The molecular weight excluding hydrogens is 266 g/mol. The van der Waals surface area contributed by atoms with Gasteiger partial charge in [0.05, 0.1) is 19.8 Å². The maximum atomic E-state index is 11.6. The lowest BCUT2D eigenvalue weighted by Crippen LogP contribution is -2.51. The molecule has 1 aliphatic heterocycles. The number of benzene rings is 1. The average molecular weight is 289 g/mol. The number of fused-ring (bicyclic) bond motifs is 2. The van der Waals surface area contributed by atoms with Gasteiger partial charge < -0.3 is 14.4 Å². The number of nitrogens with zero attached hydrogens (tertiary/aromatic N) is 1. The van der Waals surface area contributed by atoms with E-state index in [0.717, 1.165) is 43.7 Å². The van der Waals surface area contributed by atoms with Gasteiger partial charge in [-0.05, 0) is 42.5 Å². The average Bonchev–Trinajstić information content (AvgIpc) is 2.55. The van der Waals surface area contributed by atoms with Crippen molar-refractivity contribution in [2.45, 2.75) is 44.1 Å². The van der Waals surface area contributed by atoms with Crippen molar-refractivity contribution in [1.82, 2.24) is 4.90 Å². The van der Waals surface area contributed by atoms with Gasteiger partial charge in [0, 0.05) is 6.54 Å². The molecule has 0 aromatic heterocycles. The Balaban J connectivity index is 2.14. The van der Waals surface area contributed by atoms with E-state index in [2.05, 4.69) is 12.1 Å². The maximum absolute atomic E-state index is 11.6. The predicted molar refractivity (Wildman–Crippen MR) is 80.8 cm³/mol. The molecule has 2 aliphatic rings. The standard InChI is InChI=1S/C17H23NO3/c1-20-15-10-13-6-9-18(12-19)17(7-4-3-5-8-17)14(13)11-16(15)21-2/h10-12H,3-9H2,1-2H3. The molecule has 0 unspecified atom stereocenters. The lowest BCUT2D eigenvalue weighted by molar-refractivity contribution is -0.126. The minimum Gasteiger partial charge on any atom is -0.493 e. The molecule has 1 amide bonds. The Bertz CT molecular complexity index is 535. The molecule has 4 heteroatoms. The van der Waals surface area contributed by atoms with Crippen LogP contribution >= 0.6 is 0 Å². The molecule has 0 bridgehead atoms. The van der Waals surface area contributed by atoms with Crippen LogP contribution in [0.4, 0.5) is 0 Å². The molecular formula is C17H23NO3. The molecule has 1 aliphatic carbocycles. The zero-order chi connectivity index (χ0) is 14.9. The Morgan fingerprint density at radius 3 is 2.38 bits per heavy atom. The zero-order valence-corrected chi connectivity index (χ0v) is 12.9. The van der Waals surface area contributed by atoms with Crippen molar-refractivity contribution in [2.24, 2.45) is 0 Å². The van der Waals surface area contributed by atoms with Crippen LogP contribution in [0.25, 0.3) is 0 Å². The molecule has 1 aromatic rings. The summed E-state index contributed by atoms with van der Waals surface area (Å²) in [6.45, 7) is 0.798. The second-order valence-electron chi connectivity index (χ2n) is 6.01. The molecule has 0 atom stereocenters. The first kappa shape index (κ1) is 14.2. The van der Waals surface area contributed by atoms with Gasteiger partial charge in [-0.15, -0.1) is 0 Å². The maximum Gasteiger partial charge on any atom is 0.210 e. The Morgan fingerprint density at radius 1 is 1.10 bits per heavy atom. The predicted octanol–water partition coefficient (Wildman–Crippen LogP) is 2.88. The third-order valence-corrected chi connectivity index (χ3v) is 5.09. The van der Waals surface area contributed by atoms with Crippen molar-refractivity contribution >= 4 is 6.41 Å². The number of methoxy groups -OCH3 is 2. The summed E-state index contributed by atoms with van der Waals surface area (Å²) in [4.78, 5) is 13.6. The number of ether oxygens (including phenoxy) is 2. The fourth-order valence-electron chi connectivity index (χ4n) is 4.02. The molecule has 1 heterocycles. The number of amides is 1. The molecule has 3 rings (SSSR count). The lowest BCUT2D eigenvalue weighted by Gasteiger charge is -2.49. The van der Waals surface area contributed by atoms with E-state index in [0.29, 0.717) is 0 Å². The highest BCUT2D eigenvalue weighted by Crippen LogP contribution is 2.48. The molecule has 1 fully saturated rings. The zero-order valence-electron chi connectivity index (χ0n) is 12.9. The number of rotatable bonds is 3. The first-order valence-corrected chi connectivity index (χ1v) is 7.72. The lowest BCUT2D eigenvalue weighted by atomic mass is 9.71. The van der Waals surface area contributed by atoms with Crippen molar-refractivity contribution in [3.8, 4) is 11.5 Å². The molecule has 1 saturated carbocycles. The first-order valence-electron chi connectivity index (χ1n) is 7.72. The van der Waals surface area contributed by atoms with Gasteiger partial charge in [-0.1, -0.05) is 19.3 Å². The van der Waals surface area contributed by atoms with E-state index in [-0.39, 0.29) is 5.54 Å². The number of hydrogen-bond donors (Lipinski definition) is 0. The van der Waals surface area contributed by atoms with E-state index in [4.69, 9.17) is 9.47 Å². The van der Waals surface area contributed by atoms with Crippen LogP contribution in [0.3, 0.4) is 0 Å². The van der Waals surface area contributed by atoms with Crippen molar-refractivity contribution in [3.63, 3.8) is 0 Å². The number of carbonyl (C=O) groups is 1. The van der Waals surface area contributed by atoms with Crippen LogP contribution in [0.2, 0.25) is 0 Å². The van der Waals surface area contributed by atoms with Crippen molar-refractivity contribution < 1.29 is 14.3 Å². The van der Waals surface area contributed by atoms with E-state index in [1.165, 1.54) is 30.4 Å². The van der Waals surface area contributed by atoms with Crippen LogP contribution in [0.5, 0.6) is 11.5 Å². The normalized spacial score (nSPS) is 20.0. The van der Waals surface area contributed by atoms with Gasteiger partial charge in [0.1, 0.15) is 0 Å².